The molecule has 130 valence electrons. The van der Waals surface area contributed by atoms with Gasteiger partial charge in [0.05, 0.1) is 10.3 Å². The molecule has 1 fully saturated rings. The van der Waals surface area contributed by atoms with Crippen molar-refractivity contribution in [2.45, 2.75) is 30.1 Å². The Hall–Kier alpha value is -1.50. The topological polar surface area (TPSA) is 49.4 Å². The molecule has 2 aromatic carbocycles. The molecule has 4 nitrogen and oxygen atoms in total. The number of aryl methyl sites for hydroxylation is 1. The quantitative estimate of drug-likeness (QED) is 0.806. The molecule has 1 unspecified atom stereocenters. The SMILES string of the molecule is Cc1ccc(S(=O)N2CCC3(CC2)C(=O)Nc2cc(Br)ccc23)cc1. The van der Waals surface area contributed by atoms with Crippen LogP contribution in [-0.4, -0.2) is 27.5 Å². The van der Waals surface area contributed by atoms with E-state index in [0.717, 1.165) is 26.2 Å². The maximum absolute atomic E-state index is 12.8. The molecule has 0 radical (unpaired) electrons. The molecule has 0 bridgehead atoms. The molecule has 2 aliphatic rings. The van der Waals surface area contributed by atoms with E-state index in [1.165, 1.54) is 0 Å². The Morgan fingerprint density at radius 1 is 1.12 bits per heavy atom. The van der Waals surface area contributed by atoms with Crippen LogP contribution in [0.2, 0.25) is 0 Å². The number of amides is 1. The summed E-state index contributed by atoms with van der Waals surface area (Å²) < 4.78 is 15.7. The lowest BCUT2D eigenvalue weighted by atomic mass is 9.74. The van der Waals surface area contributed by atoms with E-state index in [1.54, 1.807) is 0 Å². The highest BCUT2D eigenvalue weighted by molar-refractivity contribution is 9.10. The second-order valence-electron chi connectivity index (χ2n) is 6.72. The monoisotopic (exact) mass is 418 g/mol. The van der Waals surface area contributed by atoms with Crippen LogP contribution in [0.3, 0.4) is 0 Å². The number of halogens is 1. The number of anilines is 1. The van der Waals surface area contributed by atoms with Gasteiger partial charge < -0.3 is 5.32 Å². The average Bonchev–Trinajstić information content (AvgIpc) is 2.87. The minimum absolute atomic E-state index is 0.0707. The van der Waals surface area contributed by atoms with Gasteiger partial charge in [-0.1, -0.05) is 39.7 Å². The summed E-state index contributed by atoms with van der Waals surface area (Å²) >= 11 is 3.46. The van der Waals surface area contributed by atoms with E-state index in [2.05, 4.69) is 21.2 Å². The van der Waals surface area contributed by atoms with Crippen molar-refractivity contribution in [3.8, 4) is 0 Å². The van der Waals surface area contributed by atoms with Gasteiger partial charge in [-0.05, 0) is 49.6 Å². The second-order valence-corrected chi connectivity index (χ2v) is 9.12. The molecule has 0 aliphatic carbocycles. The maximum atomic E-state index is 12.8. The van der Waals surface area contributed by atoms with E-state index < -0.39 is 16.4 Å². The van der Waals surface area contributed by atoms with Crippen LogP contribution in [0.25, 0.3) is 0 Å². The zero-order chi connectivity index (χ0) is 17.6. The molecule has 0 aromatic heterocycles. The number of benzene rings is 2. The summed E-state index contributed by atoms with van der Waals surface area (Å²) in [6.45, 7) is 3.30. The average molecular weight is 419 g/mol. The fourth-order valence-corrected chi connectivity index (χ4v) is 5.28. The van der Waals surface area contributed by atoms with Gasteiger partial charge in [-0.15, -0.1) is 0 Å². The summed E-state index contributed by atoms with van der Waals surface area (Å²) in [5.74, 6) is 0.0707. The number of nitrogens with zero attached hydrogens (tertiary/aromatic N) is 1. The Kier molecular flexibility index (Phi) is 4.30. The minimum atomic E-state index is -1.17. The number of hydrogen-bond acceptors (Lipinski definition) is 2. The van der Waals surface area contributed by atoms with Gasteiger partial charge >= 0.3 is 0 Å². The van der Waals surface area contributed by atoms with Crippen LogP contribution in [0, 0.1) is 6.92 Å². The normalized spacial score (nSPS) is 20.3. The van der Waals surface area contributed by atoms with Crippen molar-refractivity contribution in [1.29, 1.82) is 0 Å². The smallest absolute Gasteiger partial charge is 0.235 e. The van der Waals surface area contributed by atoms with E-state index in [0.29, 0.717) is 25.9 Å². The molecule has 1 spiro atoms. The molecule has 0 saturated carbocycles. The third kappa shape index (κ3) is 2.86. The van der Waals surface area contributed by atoms with E-state index in [-0.39, 0.29) is 5.91 Å². The standard InChI is InChI=1S/C19H19BrN2O2S/c1-13-2-5-15(6-3-13)25(24)22-10-8-19(9-11-22)16-7-4-14(20)12-17(16)21-18(19)23/h2-7,12H,8-11H2,1H3,(H,21,23). The van der Waals surface area contributed by atoms with Crippen LogP contribution in [0.15, 0.2) is 51.8 Å². The van der Waals surface area contributed by atoms with Crippen molar-refractivity contribution < 1.29 is 9.00 Å². The minimum Gasteiger partial charge on any atom is -0.325 e. The number of piperidine rings is 1. The highest BCUT2D eigenvalue weighted by Crippen LogP contribution is 2.46. The second kappa shape index (κ2) is 6.34. The number of carbonyl (C=O) groups is 1. The molecule has 4 rings (SSSR count). The molecule has 1 atom stereocenters. The van der Waals surface area contributed by atoms with Gasteiger partial charge in [-0.3, -0.25) is 4.79 Å². The number of hydrogen-bond donors (Lipinski definition) is 1. The van der Waals surface area contributed by atoms with Crippen molar-refractivity contribution in [3.05, 3.63) is 58.1 Å². The van der Waals surface area contributed by atoms with Crippen molar-refractivity contribution in [3.63, 3.8) is 0 Å². The number of fused-ring (bicyclic) bond motifs is 2. The van der Waals surface area contributed by atoms with Gasteiger partial charge in [0.2, 0.25) is 5.91 Å². The van der Waals surface area contributed by atoms with Crippen molar-refractivity contribution in [1.82, 2.24) is 4.31 Å². The Morgan fingerprint density at radius 2 is 1.80 bits per heavy atom. The lowest BCUT2D eigenvalue weighted by Gasteiger charge is -2.37. The zero-order valence-corrected chi connectivity index (χ0v) is 16.3. The number of nitrogens with one attached hydrogen (secondary N) is 1. The third-order valence-electron chi connectivity index (χ3n) is 5.21. The fraction of sp³-hybridized carbons (Fsp3) is 0.316. The van der Waals surface area contributed by atoms with Crippen molar-refractivity contribution in [2.75, 3.05) is 18.4 Å². The molecule has 1 saturated heterocycles. The summed E-state index contributed by atoms with van der Waals surface area (Å²) in [6, 6.07) is 13.8. The lowest BCUT2D eigenvalue weighted by Crippen LogP contribution is -2.46. The summed E-state index contributed by atoms with van der Waals surface area (Å²) in [7, 11) is -1.17. The first-order chi connectivity index (χ1) is 12.0. The highest BCUT2D eigenvalue weighted by Gasteiger charge is 2.49. The number of carbonyl (C=O) groups excluding carboxylic acids is 1. The highest BCUT2D eigenvalue weighted by atomic mass is 79.9. The van der Waals surface area contributed by atoms with Crippen LogP contribution in [-0.2, 0) is 21.2 Å². The molecular formula is C19H19BrN2O2S. The van der Waals surface area contributed by atoms with Crippen molar-refractivity contribution >= 4 is 38.5 Å². The van der Waals surface area contributed by atoms with Crippen molar-refractivity contribution in [2.24, 2.45) is 0 Å². The Balaban J connectivity index is 1.55. The molecule has 2 aromatic rings. The predicted molar refractivity (Wildman–Crippen MR) is 103 cm³/mol. The van der Waals surface area contributed by atoms with Crippen LogP contribution in [0.1, 0.15) is 24.0 Å². The van der Waals surface area contributed by atoms with E-state index in [9.17, 15) is 9.00 Å². The molecule has 2 heterocycles. The molecule has 1 N–H and O–H groups in total. The van der Waals surface area contributed by atoms with Gasteiger partial charge in [-0.25, -0.2) is 8.51 Å². The zero-order valence-electron chi connectivity index (χ0n) is 13.9. The molecule has 25 heavy (non-hydrogen) atoms. The molecule has 1 amide bonds. The van der Waals surface area contributed by atoms with Gasteiger partial charge in [-0.2, -0.15) is 0 Å². The van der Waals surface area contributed by atoms with Gasteiger partial charge in [0.15, 0.2) is 0 Å². The molecule has 2 aliphatic heterocycles. The first kappa shape index (κ1) is 16.9. The van der Waals surface area contributed by atoms with Crippen LogP contribution >= 0.6 is 15.9 Å². The van der Waals surface area contributed by atoms with Gasteiger partial charge in [0.1, 0.15) is 11.0 Å². The Morgan fingerprint density at radius 3 is 2.48 bits per heavy atom. The van der Waals surface area contributed by atoms with E-state index in [1.807, 2.05) is 53.7 Å². The largest absolute Gasteiger partial charge is 0.325 e. The van der Waals surface area contributed by atoms with Crippen LogP contribution in [0.5, 0.6) is 0 Å². The summed E-state index contributed by atoms with van der Waals surface area (Å²) in [6.07, 6.45) is 1.37. The summed E-state index contributed by atoms with van der Waals surface area (Å²) in [5, 5.41) is 3.02. The summed E-state index contributed by atoms with van der Waals surface area (Å²) in [4.78, 5) is 13.5. The number of rotatable bonds is 2. The lowest BCUT2D eigenvalue weighted by molar-refractivity contribution is -0.122. The first-order valence-electron chi connectivity index (χ1n) is 8.35. The third-order valence-corrected chi connectivity index (χ3v) is 7.22. The molecular weight excluding hydrogens is 400 g/mol. The predicted octanol–water partition coefficient (Wildman–Crippen LogP) is 3.77. The maximum Gasteiger partial charge on any atom is 0.235 e. The fourth-order valence-electron chi connectivity index (χ4n) is 3.74. The van der Waals surface area contributed by atoms with E-state index >= 15 is 0 Å². The van der Waals surface area contributed by atoms with Crippen LogP contribution < -0.4 is 5.32 Å². The van der Waals surface area contributed by atoms with Crippen LogP contribution in [0.4, 0.5) is 5.69 Å². The first-order valence-corrected chi connectivity index (χ1v) is 10.2. The van der Waals surface area contributed by atoms with Gasteiger partial charge in [0.25, 0.3) is 0 Å². The Bertz CT molecular complexity index is 858. The Labute approximate surface area is 158 Å². The summed E-state index contributed by atoms with van der Waals surface area (Å²) in [5.41, 5.74) is 2.64. The molecule has 6 heteroatoms. The van der Waals surface area contributed by atoms with E-state index in [4.69, 9.17) is 0 Å². The van der Waals surface area contributed by atoms with Gasteiger partial charge in [0, 0.05) is 23.2 Å².